The molecule has 2 N–H and O–H groups in total. The Bertz CT molecular complexity index is 725. The lowest BCUT2D eigenvalue weighted by molar-refractivity contribution is 0.0140. The Labute approximate surface area is 209 Å². The first-order chi connectivity index (χ1) is 15.6. The van der Waals surface area contributed by atoms with Gasteiger partial charge in [-0.1, -0.05) is 0 Å². The van der Waals surface area contributed by atoms with E-state index in [-0.39, 0.29) is 43.6 Å². The highest BCUT2D eigenvalue weighted by atomic mass is 32.7. The van der Waals surface area contributed by atoms with Crippen LogP contribution in [-0.2, 0) is 41.1 Å². The first-order valence-electron chi connectivity index (χ1n) is 10.7. The molecule has 33 heavy (non-hydrogen) atoms. The molecular weight excluding hydrogens is 537 g/mol. The van der Waals surface area contributed by atoms with E-state index in [1.54, 1.807) is 0 Å². The van der Waals surface area contributed by atoms with Gasteiger partial charge in [0.1, 0.15) is 14.0 Å². The monoisotopic (exact) mass is 568 g/mol. The van der Waals surface area contributed by atoms with Gasteiger partial charge in [-0.3, -0.25) is 13.6 Å². The van der Waals surface area contributed by atoms with E-state index in [2.05, 4.69) is 25.5 Å². The van der Waals surface area contributed by atoms with Crippen molar-refractivity contribution in [3.63, 3.8) is 0 Å². The fraction of sp³-hybridized carbons (Fsp3) is 1.00. The standard InChI is InChI=1S/C16H31BO11P2S3/c17-16-5-12(14(26-16)7-25-32)28-30(20,21)33-9-15-11(2-4-23-15)27-29(18,19)24-6-13-10(8-31)1-3-22-13/h10-16,31-32H,1-9,17H2,(H,18,19)(H,20,21). The second kappa shape index (κ2) is 13.1. The van der Waals surface area contributed by atoms with Gasteiger partial charge in [-0.2, -0.15) is 12.6 Å². The maximum Gasteiger partial charge on any atom is 0.472 e. The Balaban J connectivity index is 1.46. The lowest BCUT2D eigenvalue weighted by Gasteiger charge is -2.24. The average molecular weight is 568 g/mol. The molecular formula is C16H31BO11P2S3. The van der Waals surface area contributed by atoms with Crippen molar-refractivity contribution in [2.24, 2.45) is 5.92 Å². The molecule has 9 atom stereocenters. The molecule has 11 nitrogen and oxygen atoms in total. The SMILES string of the molecule is BC1CC(OP(=O)(O)SCC2OCCC2OP(=O)(O)OCC2OCCC2CS)C(COS)O1. The van der Waals surface area contributed by atoms with Crippen LogP contribution in [-0.4, -0.2) is 92.1 Å². The van der Waals surface area contributed by atoms with Crippen molar-refractivity contribution in [1.82, 2.24) is 0 Å². The molecule has 0 aromatic heterocycles. The third kappa shape index (κ3) is 8.93. The van der Waals surface area contributed by atoms with Crippen LogP contribution < -0.4 is 0 Å². The van der Waals surface area contributed by atoms with Crippen LogP contribution in [0.2, 0.25) is 0 Å². The van der Waals surface area contributed by atoms with Gasteiger partial charge in [0, 0.05) is 31.4 Å². The van der Waals surface area contributed by atoms with Crippen LogP contribution in [0.15, 0.2) is 0 Å². The molecule has 3 rings (SSSR count). The normalized spacial score (nSPS) is 38.4. The number of hydrogen-bond acceptors (Lipinski definition) is 12. The van der Waals surface area contributed by atoms with E-state index >= 15 is 0 Å². The molecule has 3 saturated heterocycles. The zero-order valence-corrected chi connectivity index (χ0v) is 22.6. The highest BCUT2D eigenvalue weighted by Crippen LogP contribution is 2.58. The summed E-state index contributed by atoms with van der Waals surface area (Å²) in [5.41, 5.74) is 0. The Hall–Kier alpha value is 1.21. The van der Waals surface area contributed by atoms with Gasteiger partial charge in [0.25, 0.3) is 0 Å². The summed E-state index contributed by atoms with van der Waals surface area (Å²) in [4.78, 5) is 20.5. The van der Waals surface area contributed by atoms with Gasteiger partial charge in [-0.25, -0.2) is 9.13 Å². The van der Waals surface area contributed by atoms with Crippen molar-refractivity contribution in [3.8, 4) is 0 Å². The molecule has 3 heterocycles. The van der Waals surface area contributed by atoms with Gasteiger partial charge in [0.05, 0.1) is 37.6 Å². The van der Waals surface area contributed by atoms with Crippen LogP contribution >= 0.6 is 51.5 Å². The largest absolute Gasteiger partial charge is 0.472 e. The fourth-order valence-electron chi connectivity index (χ4n) is 3.98. The lowest BCUT2D eigenvalue weighted by Crippen LogP contribution is -2.28. The summed E-state index contributed by atoms with van der Waals surface area (Å²) >= 11 is 8.64. The van der Waals surface area contributed by atoms with Gasteiger partial charge < -0.3 is 28.2 Å². The maximum absolute atomic E-state index is 12.6. The second-order valence-corrected chi connectivity index (χ2v) is 14.1. The molecule has 3 aliphatic heterocycles. The molecule has 192 valence electrons. The molecule has 17 heteroatoms. The fourth-order valence-corrected chi connectivity index (χ4v) is 8.32. The Morgan fingerprint density at radius 3 is 2.48 bits per heavy atom. The minimum Gasteiger partial charge on any atom is -0.379 e. The molecule has 0 aliphatic carbocycles. The van der Waals surface area contributed by atoms with Gasteiger partial charge >= 0.3 is 14.6 Å². The number of rotatable bonds is 13. The van der Waals surface area contributed by atoms with Crippen molar-refractivity contribution >= 4 is 59.4 Å². The number of phosphoric acid groups is 1. The van der Waals surface area contributed by atoms with E-state index < -0.39 is 39.0 Å². The second-order valence-electron chi connectivity index (χ2n) is 8.17. The highest BCUT2D eigenvalue weighted by Gasteiger charge is 2.42. The maximum atomic E-state index is 12.6. The predicted molar refractivity (Wildman–Crippen MR) is 131 cm³/mol. The zero-order valence-electron chi connectivity index (χ0n) is 18.2. The van der Waals surface area contributed by atoms with E-state index in [9.17, 15) is 18.9 Å². The number of hydrogen-bond donors (Lipinski definition) is 4. The van der Waals surface area contributed by atoms with Crippen LogP contribution in [0.3, 0.4) is 0 Å². The molecule has 9 unspecified atom stereocenters. The Kier molecular flexibility index (Phi) is 11.5. The minimum absolute atomic E-state index is 0.0305. The highest BCUT2D eigenvalue weighted by molar-refractivity contribution is 8.54. The first kappa shape index (κ1) is 28.8. The Morgan fingerprint density at radius 2 is 1.76 bits per heavy atom. The third-order valence-corrected chi connectivity index (χ3v) is 10.4. The molecule has 0 spiro atoms. The van der Waals surface area contributed by atoms with Crippen molar-refractivity contribution in [3.05, 3.63) is 0 Å². The summed E-state index contributed by atoms with van der Waals surface area (Å²) in [5, 5.41) is 0. The molecule has 0 bridgehead atoms. The summed E-state index contributed by atoms with van der Waals surface area (Å²) in [6.07, 6.45) is -1.24. The summed E-state index contributed by atoms with van der Waals surface area (Å²) in [6.45, 7) is -3.17. The number of phosphoric ester groups is 1. The Morgan fingerprint density at radius 1 is 1.03 bits per heavy atom. The van der Waals surface area contributed by atoms with E-state index in [4.69, 9.17) is 32.0 Å². The van der Waals surface area contributed by atoms with Crippen LogP contribution in [0.5, 0.6) is 0 Å². The minimum atomic E-state index is -4.37. The van der Waals surface area contributed by atoms with Crippen molar-refractivity contribution in [1.29, 1.82) is 0 Å². The predicted octanol–water partition coefficient (Wildman–Crippen LogP) is 1.44. The first-order valence-corrected chi connectivity index (χ1v) is 16.4. The number of thiol groups is 2. The van der Waals surface area contributed by atoms with Crippen molar-refractivity contribution < 1.29 is 50.9 Å². The van der Waals surface area contributed by atoms with Gasteiger partial charge in [0.15, 0.2) is 0 Å². The quantitative estimate of drug-likeness (QED) is 0.111. The summed E-state index contributed by atoms with van der Waals surface area (Å²) in [5.74, 6) is 0.777. The molecule has 0 amide bonds. The van der Waals surface area contributed by atoms with Crippen molar-refractivity contribution in [2.75, 3.05) is 37.9 Å². The van der Waals surface area contributed by atoms with Gasteiger partial charge in [-0.05, 0) is 48.8 Å². The number of ether oxygens (including phenoxy) is 3. The lowest BCUT2D eigenvalue weighted by atomic mass is 9.96. The molecule has 0 radical (unpaired) electrons. The summed E-state index contributed by atoms with van der Waals surface area (Å²) in [6, 6.07) is -0.138. The molecule has 3 fully saturated rings. The van der Waals surface area contributed by atoms with Crippen LogP contribution in [0.25, 0.3) is 0 Å². The van der Waals surface area contributed by atoms with Crippen LogP contribution in [0.1, 0.15) is 19.3 Å². The van der Waals surface area contributed by atoms with Gasteiger partial charge in [-0.15, -0.1) is 0 Å². The summed E-state index contributed by atoms with van der Waals surface area (Å²) < 4.78 is 62.4. The van der Waals surface area contributed by atoms with Crippen LogP contribution in [0.4, 0.5) is 0 Å². The van der Waals surface area contributed by atoms with E-state index in [1.807, 2.05) is 7.85 Å². The van der Waals surface area contributed by atoms with Crippen molar-refractivity contribution in [2.45, 2.75) is 55.8 Å². The molecule has 0 saturated carbocycles. The van der Waals surface area contributed by atoms with E-state index in [1.165, 1.54) is 0 Å². The van der Waals surface area contributed by atoms with Gasteiger partial charge in [0.2, 0.25) is 0 Å². The molecule has 0 aromatic carbocycles. The van der Waals surface area contributed by atoms with Crippen LogP contribution in [0, 0.1) is 5.92 Å². The zero-order chi connectivity index (χ0) is 24.1. The topological polar surface area (TPSA) is 139 Å². The van der Waals surface area contributed by atoms with E-state index in [0.717, 1.165) is 6.42 Å². The third-order valence-electron chi connectivity index (χ3n) is 5.70. The molecule has 0 aromatic rings. The summed E-state index contributed by atoms with van der Waals surface area (Å²) in [7, 11) is -2.54. The average Bonchev–Trinajstić information content (AvgIpc) is 3.45. The smallest absolute Gasteiger partial charge is 0.379 e. The van der Waals surface area contributed by atoms with E-state index in [0.29, 0.717) is 36.6 Å². The molecule has 3 aliphatic rings.